The van der Waals surface area contributed by atoms with Crippen LogP contribution in [0.4, 0.5) is 0 Å². The van der Waals surface area contributed by atoms with E-state index in [0.29, 0.717) is 31.1 Å². The van der Waals surface area contributed by atoms with Crippen LogP contribution in [-0.4, -0.2) is 27.3 Å². The van der Waals surface area contributed by atoms with Gasteiger partial charge in [0, 0.05) is 13.0 Å². The van der Waals surface area contributed by atoms with Crippen LogP contribution in [0.15, 0.2) is 6.20 Å². The van der Waals surface area contributed by atoms with Crippen LogP contribution >= 0.6 is 0 Å². The number of Topliss-reactive ketones (excluding diaryl/α,β-unsaturated/α-hetero) is 1. The molecule has 0 unspecified atom stereocenters. The molecule has 0 aliphatic heterocycles. The summed E-state index contributed by atoms with van der Waals surface area (Å²) >= 11 is 0. The molecule has 0 spiro atoms. The van der Waals surface area contributed by atoms with Crippen LogP contribution in [-0.2, 0) is 6.54 Å². The van der Waals surface area contributed by atoms with Crippen LogP contribution in [0, 0.1) is 5.92 Å². The Morgan fingerprint density at radius 2 is 2.43 bits per heavy atom. The highest BCUT2D eigenvalue weighted by molar-refractivity contribution is 5.94. The summed E-state index contributed by atoms with van der Waals surface area (Å²) in [6.45, 7) is 1.13. The second-order valence-corrected chi connectivity index (χ2v) is 3.73. The summed E-state index contributed by atoms with van der Waals surface area (Å²) in [4.78, 5) is 11.6. The van der Waals surface area contributed by atoms with Crippen LogP contribution < -0.4 is 5.73 Å². The number of carbonyl (C=O) groups excluding carboxylic acids is 1. The van der Waals surface area contributed by atoms with E-state index in [1.54, 1.807) is 10.9 Å². The molecule has 5 heteroatoms. The fraction of sp³-hybridized carbons (Fsp3) is 0.667. The van der Waals surface area contributed by atoms with Gasteiger partial charge in [-0.25, -0.2) is 0 Å². The summed E-state index contributed by atoms with van der Waals surface area (Å²) in [6, 6.07) is 0. The minimum absolute atomic E-state index is 0.107. The SMILES string of the molecule is NCCn1cc(C(=O)CC2CC2)nn1. The number of ketones is 1. The molecule has 1 aromatic heterocycles. The third kappa shape index (κ3) is 2.17. The number of hydrogen-bond donors (Lipinski definition) is 1. The normalized spacial score (nSPS) is 15.8. The molecule has 5 nitrogen and oxygen atoms in total. The van der Waals surface area contributed by atoms with Crippen LogP contribution in [0.25, 0.3) is 0 Å². The molecule has 0 saturated heterocycles. The van der Waals surface area contributed by atoms with Crippen molar-refractivity contribution in [3.8, 4) is 0 Å². The van der Waals surface area contributed by atoms with Gasteiger partial charge in [-0.05, 0) is 18.8 Å². The molecule has 0 bridgehead atoms. The second-order valence-electron chi connectivity index (χ2n) is 3.73. The van der Waals surface area contributed by atoms with Gasteiger partial charge in [0.05, 0.1) is 12.7 Å². The Labute approximate surface area is 82.3 Å². The Kier molecular flexibility index (Phi) is 2.58. The lowest BCUT2D eigenvalue weighted by molar-refractivity contribution is 0.0971. The first-order valence-corrected chi connectivity index (χ1v) is 4.93. The van der Waals surface area contributed by atoms with Crippen molar-refractivity contribution in [2.75, 3.05) is 6.54 Å². The third-order valence-electron chi connectivity index (χ3n) is 2.35. The highest BCUT2D eigenvalue weighted by Crippen LogP contribution is 2.33. The number of aromatic nitrogens is 3. The summed E-state index contributed by atoms with van der Waals surface area (Å²) in [5.41, 5.74) is 5.84. The van der Waals surface area contributed by atoms with Crippen molar-refractivity contribution in [1.29, 1.82) is 0 Å². The molecule has 1 aliphatic carbocycles. The van der Waals surface area contributed by atoms with Crippen LogP contribution in [0.1, 0.15) is 29.8 Å². The summed E-state index contributed by atoms with van der Waals surface area (Å²) in [5.74, 6) is 0.706. The van der Waals surface area contributed by atoms with Gasteiger partial charge in [-0.3, -0.25) is 9.48 Å². The van der Waals surface area contributed by atoms with Gasteiger partial charge >= 0.3 is 0 Å². The maximum absolute atomic E-state index is 11.6. The van der Waals surface area contributed by atoms with Gasteiger partial charge in [-0.15, -0.1) is 5.10 Å². The standard InChI is InChI=1S/C9H14N4O/c10-3-4-13-6-8(11-12-13)9(14)5-7-1-2-7/h6-7H,1-5,10H2. The molecule has 2 N–H and O–H groups in total. The molecule has 1 aromatic rings. The molecule has 76 valence electrons. The quantitative estimate of drug-likeness (QED) is 0.680. The molecule has 0 radical (unpaired) electrons. The van der Waals surface area contributed by atoms with E-state index in [4.69, 9.17) is 5.73 Å². The fourth-order valence-electron chi connectivity index (χ4n) is 1.36. The van der Waals surface area contributed by atoms with Gasteiger partial charge < -0.3 is 5.73 Å². The topological polar surface area (TPSA) is 73.8 Å². The van der Waals surface area contributed by atoms with Gasteiger partial charge in [0.15, 0.2) is 5.78 Å². The Hall–Kier alpha value is -1.23. The van der Waals surface area contributed by atoms with Crippen molar-refractivity contribution in [3.63, 3.8) is 0 Å². The Balaban J connectivity index is 1.96. The number of carbonyl (C=O) groups is 1. The van der Waals surface area contributed by atoms with Gasteiger partial charge in [-0.2, -0.15) is 0 Å². The van der Waals surface area contributed by atoms with Crippen molar-refractivity contribution in [2.24, 2.45) is 11.7 Å². The zero-order valence-electron chi connectivity index (χ0n) is 8.02. The smallest absolute Gasteiger partial charge is 0.184 e. The average Bonchev–Trinajstić information content (AvgIpc) is 2.83. The molecule has 1 saturated carbocycles. The number of nitrogens with zero attached hydrogens (tertiary/aromatic N) is 3. The zero-order chi connectivity index (χ0) is 9.97. The van der Waals surface area contributed by atoms with Crippen LogP contribution in [0.3, 0.4) is 0 Å². The molecule has 1 heterocycles. The minimum Gasteiger partial charge on any atom is -0.329 e. The highest BCUT2D eigenvalue weighted by atomic mass is 16.1. The van der Waals surface area contributed by atoms with E-state index in [-0.39, 0.29) is 5.78 Å². The van der Waals surface area contributed by atoms with Crippen molar-refractivity contribution < 1.29 is 4.79 Å². The lowest BCUT2D eigenvalue weighted by Crippen LogP contribution is -2.10. The van der Waals surface area contributed by atoms with Gasteiger partial charge in [0.2, 0.25) is 0 Å². The van der Waals surface area contributed by atoms with E-state index in [1.165, 1.54) is 12.8 Å². The van der Waals surface area contributed by atoms with Crippen molar-refractivity contribution in [3.05, 3.63) is 11.9 Å². The van der Waals surface area contributed by atoms with Crippen molar-refractivity contribution in [2.45, 2.75) is 25.8 Å². The lowest BCUT2D eigenvalue weighted by atomic mass is 10.1. The maximum atomic E-state index is 11.6. The summed E-state index contributed by atoms with van der Waals surface area (Å²) in [5, 5.41) is 7.64. The first kappa shape index (κ1) is 9.33. The Morgan fingerprint density at radius 1 is 1.64 bits per heavy atom. The van der Waals surface area contributed by atoms with E-state index < -0.39 is 0 Å². The van der Waals surface area contributed by atoms with Gasteiger partial charge in [0.1, 0.15) is 5.69 Å². The molecule has 0 atom stereocenters. The summed E-state index contributed by atoms with van der Waals surface area (Å²) in [7, 11) is 0. The minimum atomic E-state index is 0.107. The van der Waals surface area contributed by atoms with Crippen molar-refractivity contribution >= 4 is 5.78 Å². The van der Waals surface area contributed by atoms with E-state index in [0.717, 1.165) is 0 Å². The van der Waals surface area contributed by atoms with Crippen LogP contribution in [0.5, 0.6) is 0 Å². The molecule has 0 aromatic carbocycles. The van der Waals surface area contributed by atoms with E-state index in [2.05, 4.69) is 10.3 Å². The van der Waals surface area contributed by atoms with E-state index in [1.807, 2.05) is 0 Å². The van der Waals surface area contributed by atoms with Gasteiger partial charge in [0.25, 0.3) is 0 Å². The molecule has 1 fully saturated rings. The first-order valence-electron chi connectivity index (χ1n) is 4.93. The lowest BCUT2D eigenvalue weighted by Gasteiger charge is -1.93. The average molecular weight is 194 g/mol. The van der Waals surface area contributed by atoms with Gasteiger partial charge in [-0.1, -0.05) is 5.21 Å². The molecular weight excluding hydrogens is 180 g/mol. The van der Waals surface area contributed by atoms with E-state index in [9.17, 15) is 4.79 Å². The summed E-state index contributed by atoms with van der Waals surface area (Å²) < 4.78 is 1.61. The maximum Gasteiger partial charge on any atom is 0.184 e. The highest BCUT2D eigenvalue weighted by Gasteiger charge is 2.25. The fourth-order valence-corrected chi connectivity index (χ4v) is 1.36. The predicted molar refractivity (Wildman–Crippen MR) is 50.7 cm³/mol. The zero-order valence-corrected chi connectivity index (χ0v) is 8.02. The number of hydrogen-bond acceptors (Lipinski definition) is 4. The third-order valence-corrected chi connectivity index (χ3v) is 2.35. The molecule has 0 amide bonds. The molecule has 2 rings (SSSR count). The van der Waals surface area contributed by atoms with Crippen LogP contribution in [0.2, 0.25) is 0 Å². The number of nitrogens with two attached hydrogens (primary N) is 1. The predicted octanol–water partition coefficient (Wildman–Crippen LogP) is 0.220. The second kappa shape index (κ2) is 3.88. The Morgan fingerprint density at radius 3 is 3.07 bits per heavy atom. The largest absolute Gasteiger partial charge is 0.329 e. The molecule has 14 heavy (non-hydrogen) atoms. The van der Waals surface area contributed by atoms with Crippen molar-refractivity contribution in [1.82, 2.24) is 15.0 Å². The monoisotopic (exact) mass is 194 g/mol. The molecule has 1 aliphatic rings. The molecular formula is C9H14N4O. The Bertz CT molecular complexity index is 329. The van der Waals surface area contributed by atoms with E-state index >= 15 is 0 Å². The summed E-state index contributed by atoms with van der Waals surface area (Å²) in [6.07, 6.45) is 4.67. The first-order chi connectivity index (χ1) is 6.79. The number of rotatable bonds is 5.